The van der Waals surface area contributed by atoms with Gasteiger partial charge in [0.25, 0.3) is 5.69 Å². The van der Waals surface area contributed by atoms with Gasteiger partial charge in [-0.05, 0) is 48.5 Å². The monoisotopic (exact) mass is 398 g/mol. The van der Waals surface area contributed by atoms with Crippen LogP contribution in [0.1, 0.15) is 5.56 Å². The number of nitro benzene ring substituents is 1. The highest BCUT2D eigenvalue weighted by molar-refractivity contribution is 5.90. The Morgan fingerprint density at radius 2 is 1.70 bits per heavy atom. The van der Waals surface area contributed by atoms with Gasteiger partial charge in [0.15, 0.2) is 0 Å². The van der Waals surface area contributed by atoms with Crippen molar-refractivity contribution < 1.29 is 9.66 Å². The molecule has 0 aliphatic heterocycles. The van der Waals surface area contributed by atoms with E-state index in [4.69, 9.17) is 9.84 Å². The van der Waals surface area contributed by atoms with Gasteiger partial charge in [0.1, 0.15) is 11.4 Å². The first-order valence-electron chi connectivity index (χ1n) is 9.22. The van der Waals surface area contributed by atoms with E-state index in [2.05, 4.69) is 4.99 Å². The van der Waals surface area contributed by atoms with Crippen LogP contribution in [0.25, 0.3) is 16.9 Å². The Balaban J connectivity index is 1.74. The first-order chi connectivity index (χ1) is 14.6. The highest BCUT2D eigenvalue weighted by Crippen LogP contribution is 2.26. The average Bonchev–Trinajstić information content (AvgIpc) is 3.23. The molecule has 7 heteroatoms. The fourth-order valence-corrected chi connectivity index (χ4v) is 2.97. The number of nitro groups is 1. The Hall–Kier alpha value is -4.26. The maximum Gasteiger partial charge on any atom is 0.269 e. The molecule has 148 valence electrons. The summed E-state index contributed by atoms with van der Waals surface area (Å²) in [4.78, 5) is 15.1. The molecule has 0 bridgehead atoms. The molecule has 0 spiro atoms. The molecule has 0 aliphatic rings. The fraction of sp³-hybridized carbons (Fsp3) is 0.0435. The molecule has 0 saturated heterocycles. The molecule has 1 heterocycles. The summed E-state index contributed by atoms with van der Waals surface area (Å²) in [6.45, 7) is 0. The second-order valence-electron chi connectivity index (χ2n) is 6.47. The molecule has 0 unspecified atom stereocenters. The summed E-state index contributed by atoms with van der Waals surface area (Å²) in [5, 5.41) is 15.7. The van der Waals surface area contributed by atoms with Gasteiger partial charge in [0.2, 0.25) is 0 Å². The van der Waals surface area contributed by atoms with E-state index in [9.17, 15) is 10.1 Å². The third-order valence-electron chi connectivity index (χ3n) is 4.54. The number of rotatable bonds is 6. The Kier molecular flexibility index (Phi) is 5.34. The summed E-state index contributed by atoms with van der Waals surface area (Å²) >= 11 is 0. The molecule has 4 aromatic rings. The van der Waals surface area contributed by atoms with Crippen molar-refractivity contribution in [3.63, 3.8) is 0 Å². The zero-order valence-electron chi connectivity index (χ0n) is 16.2. The molecular formula is C23H18N4O3. The number of hydrogen-bond donors (Lipinski definition) is 0. The van der Waals surface area contributed by atoms with E-state index < -0.39 is 4.92 Å². The van der Waals surface area contributed by atoms with Crippen molar-refractivity contribution in [1.29, 1.82) is 0 Å². The van der Waals surface area contributed by atoms with Crippen molar-refractivity contribution in [3.05, 3.63) is 101 Å². The molecule has 3 aromatic carbocycles. The van der Waals surface area contributed by atoms with Gasteiger partial charge in [0.05, 0.1) is 23.4 Å². The van der Waals surface area contributed by atoms with E-state index in [0.717, 1.165) is 28.3 Å². The quantitative estimate of drug-likeness (QED) is 0.254. The zero-order valence-corrected chi connectivity index (χ0v) is 16.2. The van der Waals surface area contributed by atoms with Crippen LogP contribution in [0, 0.1) is 10.1 Å². The van der Waals surface area contributed by atoms with Crippen LogP contribution in [0.4, 0.5) is 11.4 Å². The van der Waals surface area contributed by atoms with Crippen LogP contribution < -0.4 is 4.74 Å². The smallest absolute Gasteiger partial charge is 0.269 e. The van der Waals surface area contributed by atoms with E-state index in [-0.39, 0.29) is 5.69 Å². The van der Waals surface area contributed by atoms with E-state index in [0.29, 0.717) is 5.69 Å². The van der Waals surface area contributed by atoms with Gasteiger partial charge in [-0.1, -0.05) is 18.2 Å². The molecule has 30 heavy (non-hydrogen) atoms. The lowest BCUT2D eigenvalue weighted by atomic mass is 10.1. The van der Waals surface area contributed by atoms with Crippen molar-refractivity contribution in [1.82, 2.24) is 9.78 Å². The van der Waals surface area contributed by atoms with E-state index >= 15 is 0 Å². The molecule has 0 amide bonds. The number of hydrogen-bond acceptors (Lipinski definition) is 5. The maximum atomic E-state index is 11.0. The first kappa shape index (κ1) is 19.1. The summed E-state index contributed by atoms with van der Waals surface area (Å²) < 4.78 is 6.94. The van der Waals surface area contributed by atoms with Crippen molar-refractivity contribution in [2.24, 2.45) is 4.99 Å². The molecule has 4 rings (SSSR count). The SMILES string of the molecule is COc1ccc(N=Cc2cn(-c3ccccc3)nc2-c2ccc([N+](=O)[O-])cc2)cc1. The Morgan fingerprint density at radius 1 is 1.00 bits per heavy atom. The minimum absolute atomic E-state index is 0.0368. The van der Waals surface area contributed by atoms with Crippen LogP contribution in [0.3, 0.4) is 0 Å². The summed E-state index contributed by atoms with van der Waals surface area (Å²) in [7, 11) is 1.62. The highest BCUT2D eigenvalue weighted by Gasteiger charge is 2.13. The topological polar surface area (TPSA) is 82.5 Å². The molecule has 0 saturated carbocycles. The van der Waals surface area contributed by atoms with Crippen molar-refractivity contribution in [3.8, 4) is 22.7 Å². The van der Waals surface area contributed by atoms with Gasteiger partial charge in [0, 0.05) is 35.7 Å². The lowest BCUT2D eigenvalue weighted by molar-refractivity contribution is -0.384. The van der Waals surface area contributed by atoms with E-state index in [1.165, 1.54) is 12.1 Å². The zero-order chi connectivity index (χ0) is 20.9. The number of benzene rings is 3. The molecule has 0 fully saturated rings. The van der Waals surface area contributed by atoms with Crippen LogP contribution >= 0.6 is 0 Å². The van der Waals surface area contributed by atoms with Crippen LogP contribution in [0.2, 0.25) is 0 Å². The van der Waals surface area contributed by atoms with Gasteiger partial charge < -0.3 is 4.74 Å². The summed E-state index contributed by atoms with van der Waals surface area (Å²) in [5.41, 5.74) is 3.97. The van der Waals surface area contributed by atoms with Crippen molar-refractivity contribution in [2.45, 2.75) is 0 Å². The number of nitrogens with zero attached hydrogens (tertiary/aromatic N) is 4. The van der Waals surface area contributed by atoms with Crippen LogP contribution in [0.15, 0.2) is 90.1 Å². The average molecular weight is 398 g/mol. The molecule has 7 nitrogen and oxygen atoms in total. The van der Waals surface area contributed by atoms with Crippen molar-refractivity contribution >= 4 is 17.6 Å². The lowest BCUT2D eigenvalue weighted by Gasteiger charge is -2.01. The fourth-order valence-electron chi connectivity index (χ4n) is 2.97. The predicted octanol–water partition coefficient (Wildman–Crippen LogP) is 5.21. The Bertz CT molecular complexity index is 1180. The molecule has 0 atom stereocenters. The summed E-state index contributed by atoms with van der Waals surface area (Å²) in [6, 6.07) is 23.5. The lowest BCUT2D eigenvalue weighted by Crippen LogP contribution is -1.94. The maximum absolute atomic E-state index is 11.0. The third-order valence-corrected chi connectivity index (χ3v) is 4.54. The molecular weight excluding hydrogens is 380 g/mol. The van der Waals surface area contributed by atoms with Gasteiger partial charge >= 0.3 is 0 Å². The highest BCUT2D eigenvalue weighted by atomic mass is 16.6. The third kappa shape index (κ3) is 4.10. The first-order valence-corrected chi connectivity index (χ1v) is 9.22. The van der Waals surface area contributed by atoms with Gasteiger partial charge in [-0.2, -0.15) is 5.10 Å². The minimum Gasteiger partial charge on any atom is -0.497 e. The van der Waals surface area contributed by atoms with Crippen molar-refractivity contribution in [2.75, 3.05) is 7.11 Å². The number of aromatic nitrogens is 2. The van der Waals surface area contributed by atoms with E-state index in [1.807, 2.05) is 60.8 Å². The number of aliphatic imine (C=N–C) groups is 1. The largest absolute Gasteiger partial charge is 0.497 e. The van der Waals surface area contributed by atoms with Crippen LogP contribution in [-0.2, 0) is 0 Å². The second kappa shape index (κ2) is 8.40. The summed E-state index contributed by atoms with van der Waals surface area (Å²) in [5.74, 6) is 0.761. The van der Waals surface area contributed by atoms with Crippen LogP contribution in [0.5, 0.6) is 5.75 Å². The van der Waals surface area contributed by atoms with Gasteiger partial charge in [-0.3, -0.25) is 15.1 Å². The van der Waals surface area contributed by atoms with Gasteiger partial charge in [-0.15, -0.1) is 0 Å². The molecule has 0 N–H and O–H groups in total. The Labute approximate surface area is 173 Å². The predicted molar refractivity (Wildman–Crippen MR) is 116 cm³/mol. The van der Waals surface area contributed by atoms with Gasteiger partial charge in [-0.25, -0.2) is 4.68 Å². The number of non-ortho nitro benzene ring substituents is 1. The minimum atomic E-state index is -0.418. The Morgan fingerprint density at radius 3 is 2.33 bits per heavy atom. The number of para-hydroxylation sites is 1. The molecule has 0 aliphatic carbocycles. The number of methoxy groups -OCH3 is 1. The molecule has 0 radical (unpaired) electrons. The second-order valence-corrected chi connectivity index (χ2v) is 6.47. The summed E-state index contributed by atoms with van der Waals surface area (Å²) in [6.07, 6.45) is 3.63. The normalized spacial score (nSPS) is 11.0. The number of ether oxygens (including phenoxy) is 1. The molecule has 1 aromatic heterocycles. The van der Waals surface area contributed by atoms with Crippen LogP contribution in [-0.4, -0.2) is 28.0 Å². The van der Waals surface area contributed by atoms with E-state index in [1.54, 1.807) is 30.1 Å². The standard InChI is InChI=1S/C23H18N4O3/c1-30-22-13-9-19(10-14-22)24-15-18-16-26(20-5-3-2-4-6-20)25-23(18)17-7-11-21(12-8-17)27(28)29/h2-16H,1H3.